The Morgan fingerprint density at radius 2 is 1.73 bits per heavy atom. The molecule has 15 heavy (non-hydrogen) atoms. The third-order valence-electron chi connectivity index (χ3n) is 2.44. The first-order valence-electron chi connectivity index (χ1n) is 5.58. The van der Waals surface area contributed by atoms with E-state index in [-0.39, 0.29) is 0 Å². The topological polar surface area (TPSA) is 9.23 Å². The smallest absolute Gasteiger partial charge is 0.125 e. The standard InChI is InChI=1S/C13H20OS/c1-4-5-6-7-14-13-10(2)8-12(15)9-11(13)3/h8-9,15H,4-7H2,1-3H3. The van der Waals surface area contributed by atoms with E-state index in [0.29, 0.717) is 0 Å². The van der Waals surface area contributed by atoms with Gasteiger partial charge in [0, 0.05) is 4.90 Å². The lowest BCUT2D eigenvalue weighted by atomic mass is 10.1. The van der Waals surface area contributed by atoms with Gasteiger partial charge in [-0.3, -0.25) is 0 Å². The highest BCUT2D eigenvalue weighted by Gasteiger charge is 2.04. The highest BCUT2D eigenvalue weighted by Crippen LogP contribution is 2.26. The molecule has 0 heterocycles. The fourth-order valence-corrected chi connectivity index (χ4v) is 2.07. The van der Waals surface area contributed by atoms with E-state index in [4.69, 9.17) is 4.74 Å². The van der Waals surface area contributed by atoms with Crippen molar-refractivity contribution in [2.24, 2.45) is 0 Å². The third kappa shape index (κ3) is 3.78. The van der Waals surface area contributed by atoms with Gasteiger partial charge in [-0.25, -0.2) is 0 Å². The van der Waals surface area contributed by atoms with Crippen molar-refractivity contribution in [2.45, 2.75) is 44.9 Å². The molecule has 0 N–H and O–H groups in total. The maximum Gasteiger partial charge on any atom is 0.125 e. The van der Waals surface area contributed by atoms with Gasteiger partial charge in [0.05, 0.1) is 6.61 Å². The Bertz CT molecular complexity index is 297. The molecule has 0 amide bonds. The van der Waals surface area contributed by atoms with Crippen molar-refractivity contribution in [1.29, 1.82) is 0 Å². The molecule has 0 aliphatic rings. The highest BCUT2D eigenvalue weighted by molar-refractivity contribution is 7.80. The molecule has 0 bridgehead atoms. The average molecular weight is 224 g/mol. The van der Waals surface area contributed by atoms with Crippen molar-refractivity contribution in [2.75, 3.05) is 6.61 Å². The van der Waals surface area contributed by atoms with Crippen molar-refractivity contribution < 1.29 is 4.74 Å². The van der Waals surface area contributed by atoms with Crippen LogP contribution in [0.4, 0.5) is 0 Å². The number of hydrogen-bond donors (Lipinski definition) is 1. The van der Waals surface area contributed by atoms with Crippen molar-refractivity contribution in [3.63, 3.8) is 0 Å². The van der Waals surface area contributed by atoms with Crippen molar-refractivity contribution >= 4 is 12.6 Å². The number of aryl methyl sites for hydroxylation is 2. The highest BCUT2D eigenvalue weighted by atomic mass is 32.1. The van der Waals surface area contributed by atoms with E-state index in [1.165, 1.54) is 24.0 Å². The monoisotopic (exact) mass is 224 g/mol. The predicted octanol–water partition coefficient (Wildman–Crippen LogP) is 4.16. The number of benzene rings is 1. The zero-order valence-corrected chi connectivity index (χ0v) is 10.7. The van der Waals surface area contributed by atoms with E-state index < -0.39 is 0 Å². The molecule has 84 valence electrons. The van der Waals surface area contributed by atoms with E-state index in [0.717, 1.165) is 23.7 Å². The Morgan fingerprint density at radius 1 is 1.13 bits per heavy atom. The van der Waals surface area contributed by atoms with Crippen LogP contribution in [0.3, 0.4) is 0 Å². The van der Waals surface area contributed by atoms with Gasteiger partial charge in [-0.05, 0) is 43.5 Å². The first kappa shape index (κ1) is 12.4. The number of hydrogen-bond acceptors (Lipinski definition) is 2. The molecule has 1 nitrogen and oxygen atoms in total. The van der Waals surface area contributed by atoms with Crippen LogP contribution >= 0.6 is 12.6 Å². The van der Waals surface area contributed by atoms with Gasteiger partial charge < -0.3 is 4.74 Å². The van der Waals surface area contributed by atoms with Crippen molar-refractivity contribution in [3.05, 3.63) is 23.3 Å². The molecule has 1 aromatic rings. The molecule has 0 spiro atoms. The summed E-state index contributed by atoms with van der Waals surface area (Å²) in [5.74, 6) is 1.03. The van der Waals surface area contributed by atoms with Crippen LogP contribution in [0.15, 0.2) is 17.0 Å². The van der Waals surface area contributed by atoms with Crippen LogP contribution in [0.5, 0.6) is 5.75 Å². The molecule has 0 atom stereocenters. The van der Waals surface area contributed by atoms with Crippen LogP contribution in [-0.4, -0.2) is 6.61 Å². The Balaban J connectivity index is 2.60. The summed E-state index contributed by atoms with van der Waals surface area (Å²) in [6, 6.07) is 4.09. The molecular formula is C13H20OS. The van der Waals surface area contributed by atoms with E-state index in [1.54, 1.807) is 0 Å². The fraction of sp³-hybridized carbons (Fsp3) is 0.538. The zero-order chi connectivity index (χ0) is 11.3. The zero-order valence-electron chi connectivity index (χ0n) is 9.84. The Kier molecular flexibility index (Phi) is 5.03. The fourth-order valence-electron chi connectivity index (χ4n) is 1.68. The number of rotatable bonds is 5. The van der Waals surface area contributed by atoms with Gasteiger partial charge in [-0.15, -0.1) is 12.6 Å². The molecule has 1 rings (SSSR count). The minimum atomic E-state index is 0.821. The minimum absolute atomic E-state index is 0.821. The second-order valence-corrected chi connectivity index (χ2v) is 4.48. The van der Waals surface area contributed by atoms with Gasteiger partial charge in [0.2, 0.25) is 0 Å². The summed E-state index contributed by atoms with van der Waals surface area (Å²) >= 11 is 4.34. The van der Waals surface area contributed by atoms with E-state index in [2.05, 4.69) is 33.4 Å². The minimum Gasteiger partial charge on any atom is -0.493 e. The normalized spacial score (nSPS) is 10.4. The van der Waals surface area contributed by atoms with Crippen LogP contribution in [0.1, 0.15) is 37.3 Å². The lowest BCUT2D eigenvalue weighted by Gasteiger charge is -2.12. The number of thiol groups is 1. The summed E-state index contributed by atoms with van der Waals surface area (Å²) in [4.78, 5) is 1.01. The molecule has 2 heteroatoms. The van der Waals surface area contributed by atoms with Gasteiger partial charge in [0.15, 0.2) is 0 Å². The Labute approximate surface area is 98.3 Å². The molecule has 1 aromatic carbocycles. The summed E-state index contributed by atoms with van der Waals surface area (Å²) in [6.07, 6.45) is 3.61. The molecule has 0 saturated heterocycles. The molecule has 0 aliphatic heterocycles. The van der Waals surface area contributed by atoms with Gasteiger partial charge >= 0.3 is 0 Å². The van der Waals surface area contributed by atoms with Crippen LogP contribution in [0.2, 0.25) is 0 Å². The van der Waals surface area contributed by atoms with E-state index in [1.807, 2.05) is 12.1 Å². The molecular weight excluding hydrogens is 204 g/mol. The SMILES string of the molecule is CCCCCOc1c(C)cc(S)cc1C. The number of unbranched alkanes of at least 4 members (excludes halogenated alkanes) is 2. The Hall–Kier alpha value is -0.630. The van der Waals surface area contributed by atoms with Gasteiger partial charge in [-0.1, -0.05) is 19.8 Å². The summed E-state index contributed by atoms with van der Waals surface area (Å²) in [6.45, 7) is 7.16. The largest absolute Gasteiger partial charge is 0.493 e. The summed E-state index contributed by atoms with van der Waals surface area (Å²) in [7, 11) is 0. The van der Waals surface area contributed by atoms with E-state index >= 15 is 0 Å². The lowest BCUT2D eigenvalue weighted by Crippen LogP contribution is -2.00. The van der Waals surface area contributed by atoms with Gasteiger partial charge in [0.25, 0.3) is 0 Å². The van der Waals surface area contributed by atoms with Crippen LogP contribution < -0.4 is 4.74 Å². The third-order valence-corrected chi connectivity index (χ3v) is 2.70. The lowest BCUT2D eigenvalue weighted by molar-refractivity contribution is 0.302. The molecule has 0 saturated carbocycles. The second-order valence-electron chi connectivity index (χ2n) is 3.96. The molecule has 0 radical (unpaired) electrons. The van der Waals surface area contributed by atoms with Gasteiger partial charge in [0.1, 0.15) is 5.75 Å². The molecule has 0 fully saturated rings. The first-order chi connectivity index (χ1) is 7.15. The number of ether oxygens (including phenoxy) is 1. The summed E-state index contributed by atoms with van der Waals surface area (Å²) in [5, 5.41) is 0. The molecule has 0 aliphatic carbocycles. The average Bonchev–Trinajstić information content (AvgIpc) is 2.15. The summed E-state index contributed by atoms with van der Waals surface area (Å²) in [5.41, 5.74) is 2.35. The first-order valence-corrected chi connectivity index (χ1v) is 6.03. The van der Waals surface area contributed by atoms with Crippen LogP contribution in [0, 0.1) is 13.8 Å². The van der Waals surface area contributed by atoms with E-state index in [9.17, 15) is 0 Å². The summed E-state index contributed by atoms with van der Waals surface area (Å²) < 4.78 is 5.79. The second kappa shape index (κ2) is 6.06. The quantitative estimate of drug-likeness (QED) is 0.583. The van der Waals surface area contributed by atoms with Crippen LogP contribution in [-0.2, 0) is 0 Å². The van der Waals surface area contributed by atoms with Crippen molar-refractivity contribution in [1.82, 2.24) is 0 Å². The maximum atomic E-state index is 5.79. The van der Waals surface area contributed by atoms with Gasteiger partial charge in [-0.2, -0.15) is 0 Å². The maximum absolute atomic E-state index is 5.79. The molecule has 0 aromatic heterocycles. The Morgan fingerprint density at radius 3 is 2.27 bits per heavy atom. The van der Waals surface area contributed by atoms with Crippen molar-refractivity contribution in [3.8, 4) is 5.75 Å². The molecule has 0 unspecified atom stereocenters. The predicted molar refractivity (Wildman–Crippen MR) is 68.2 cm³/mol. The van der Waals surface area contributed by atoms with Crippen LogP contribution in [0.25, 0.3) is 0 Å².